The van der Waals surface area contributed by atoms with Crippen molar-refractivity contribution in [3.8, 4) is 0 Å². The van der Waals surface area contributed by atoms with E-state index in [1.807, 2.05) is 132 Å². The standard InChI is InChI=1S/C13H15N.C12H16O.C12H16S.C9H16N2.C9H19NO.C9H15NO.2C9H13N.2C9H14O.C9H14.C8H17NO.C8H12S.C7H15N/c1-13(2,3)11-8-4-6-10-7-5-9-14-12(10)11;2*1-12(2,3)11-8-9-6-4-5-7-10(9)13-11;1-7-10-8(6-11(7)5)9(2,3)4;1-9(2,3)10-6-4-8(11)5-7-10;1-6-8(9(3,4)5)7(2)11-10-6;1-9(2,3)8-5-4-6-10-7-8;1-9(2,3)8-6-4-5-7-10-8;2*1-7-5-6-8(10-7)9(2,3)4;1-9(2,3)8-6-4-5-7-8;1-8(2,3)9-4-6-10-7-5-9;1-8(2,3)7-5-4-6-9-7;1-7(2)8-5-3-4-6-8/h4-9H,1-3H3;2*4-10H,1-3H3;6H,1-5H3;8,11H,4-7H2,1-3H3;1-5H3;2*4-7H,1-3H3;2*5-6H,1-4H3;4,6-7H,5H2,1-3H3;4-7H2,1-3H3;4-6H,1-3H3;7H,3-6H2,1-2H3. The van der Waals surface area contributed by atoms with Crippen LogP contribution in [0.25, 0.3) is 10.9 Å². The van der Waals surface area contributed by atoms with Gasteiger partial charge in [0.05, 0.1) is 42.0 Å². The number of nitrogens with zero attached hydrogens (tertiary/aromatic N) is 9. The van der Waals surface area contributed by atoms with E-state index in [0.717, 1.165) is 128 Å². The lowest BCUT2D eigenvalue weighted by Gasteiger charge is -2.39. The fraction of sp³-hybridized carbons (Fsp3) is 0.598. The average molecular weight is 2080 g/mol. The average Bonchev–Trinajstić information content (AvgIpc) is 1.78. The molecule has 4 atom stereocenters. The molecule has 8 aromatic heterocycles. The SMILES string of the molecule is CC(C)(C)C1=CC2C=CC=CC2O1.CC(C)(C)C1=CC2C=CC=CC2S1.CC(C)(C)C1=CCC=C1.CC(C)(C)N1CCC(O)CC1.CC(C)(C)N1CCOCC1.CC(C)(C)c1cccc2cccnc12.CC(C)(C)c1ccccn1.CC(C)(C)c1cccnc1.CC(C)(C)c1cccs1.CC(C)N1CCCC1.Cc1ccc(C(C)(C)C)o1.Cc1ccc(C(C)(C)C)o1.Cc1nc(C(C)(C)C)cn1C.Cc1noc(C)c1C(C)(C)C. The first-order valence-electron chi connectivity index (χ1n) is 55.0. The predicted octanol–water partition coefficient (Wildman–Crippen LogP) is 35.3. The summed E-state index contributed by atoms with van der Waals surface area (Å²) in [6, 6.07) is 33.7. The lowest BCUT2D eigenvalue weighted by Crippen LogP contribution is -2.47. The zero-order valence-corrected chi connectivity index (χ0v) is 104. The van der Waals surface area contributed by atoms with E-state index in [0.29, 0.717) is 38.9 Å². The van der Waals surface area contributed by atoms with Crippen molar-refractivity contribution in [3.05, 3.63) is 302 Å². The van der Waals surface area contributed by atoms with Crippen LogP contribution in [0.5, 0.6) is 0 Å². The van der Waals surface area contributed by atoms with E-state index in [9.17, 15) is 5.11 Å². The molecule has 3 aliphatic carbocycles. The third-order valence-corrected chi connectivity index (χ3v) is 29.1. The summed E-state index contributed by atoms with van der Waals surface area (Å²) in [7, 11) is 2.03. The molecule has 149 heavy (non-hydrogen) atoms. The van der Waals surface area contributed by atoms with E-state index < -0.39 is 0 Å². The highest BCUT2D eigenvalue weighted by molar-refractivity contribution is 8.04. The number of imidazole rings is 1. The Hall–Kier alpha value is -8.52. The van der Waals surface area contributed by atoms with Gasteiger partial charge < -0.3 is 37.4 Å². The van der Waals surface area contributed by atoms with Crippen molar-refractivity contribution in [2.45, 2.75) is 428 Å². The zero-order valence-electron chi connectivity index (χ0n) is 103. The van der Waals surface area contributed by atoms with Gasteiger partial charge in [-0.15, -0.1) is 23.1 Å². The number of aliphatic hydroxyl groups is 1. The molecule has 0 saturated carbocycles. The second-order valence-electron chi connectivity index (χ2n) is 54.1. The summed E-state index contributed by atoms with van der Waals surface area (Å²) in [5.74, 6) is 8.34. The molecule has 0 bridgehead atoms. The maximum atomic E-state index is 9.27. The van der Waals surface area contributed by atoms with Crippen LogP contribution in [0.4, 0.5) is 0 Å². The van der Waals surface area contributed by atoms with Gasteiger partial charge in [-0.1, -0.05) is 343 Å². The third-order valence-electron chi connectivity index (χ3n) is 26.1. The fourth-order valence-electron chi connectivity index (χ4n) is 16.5. The molecular formula is C132H209N9O6S2. The van der Waals surface area contributed by atoms with Crippen molar-refractivity contribution in [2.75, 3.05) is 52.5 Å². The molecule has 8 aliphatic rings. The number of allylic oxidation sites excluding steroid dienone is 12. The Morgan fingerprint density at radius 1 is 0.463 bits per heavy atom. The van der Waals surface area contributed by atoms with Crippen molar-refractivity contribution < 1.29 is 27.9 Å². The van der Waals surface area contributed by atoms with Gasteiger partial charge in [-0.2, -0.15) is 0 Å². The molecule has 0 spiro atoms. The molecule has 15 nitrogen and oxygen atoms in total. The molecule has 1 N–H and O–H groups in total. The van der Waals surface area contributed by atoms with Gasteiger partial charge in [0.1, 0.15) is 40.7 Å². The second kappa shape index (κ2) is 58.7. The Labute approximate surface area is 918 Å². The van der Waals surface area contributed by atoms with Gasteiger partial charge in [0.15, 0.2) is 0 Å². The zero-order chi connectivity index (χ0) is 113. The Morgan fingerprint density at radius 3 is 1.33 bits per heavy atom. The third kappa shape index (κ3) is 49.6. The van der Waals surface area contributed by atoms with Crippen LogP contribution in [0, 0.1) is 62.7 Å². The quantitative estimate of drug-likeness (QED) is 0.165. The molecule has 5 aliphatic heterocycles. The van der Waals surface area contributed by atoms with Gasteiger partial charge in [0.25, 0.3) is 0 Å². The van der Waals surface area contributed by atoms with Crippen LogP contribution < -0.4 is 0 Å². The van der Waals surface area contributed by atoms with Gasteiger partial charge in [-0.05, 0) is 261 Å². The number of thiophene rings is 1. The van der Waals surface area contributed by atoms with E-state index in [1.54, 1.807) is 11.1 Å². The molecule has 3 saturated heterocycles. The maximum Gasteiger partial charge on any atom is 0.137 e. The number of aliphatic hydroxyl groups excluding tert-OH is 1. The first-order valence-corrected chi connectivity index (χ1v) is 56.8. The summed E-state index contributed by atoms with van der Waals surface area (Å²) in [6.45, 7) is 109. The van der Waals surface area contributed by atoms with Gasteiger partial charge in [-0.3, -0.25) is 24.8 Å². The van der Waals surface area contributed by atoms with Crippen LogP contribution in [0.3, 0.4) is 0 Å². The molecule has 4 unspecified atom stereocenters. The van der Waals surface area contributed by atoms with Gasteiger partial charge in [0, 0.05) is 147 Å². The number of para-hydroxylation sites is 1. The maximum absolute atomic E-state index is 9.27. The van der Waals surface area contributed by atoms with Gasteiger partial charge >= 0.3 is 0 Å². The molecule has 9 aromatic rings. The number of hydrogen-bond acceptors (Lipinski definition) is 16. The molecule has 17 heteroatoms. The lowest BCUT2D eigenvalue weighted by atomic mass is 9.85. The molecule has 3 fully saturated rings. The highest BCUT2D eigenvalue weighted by Gasteiger charge is 2.35. The van der Waals surface area contributed by atoms with Gasteiger partial charge in [0.2, 0.25) is 0 Å². The smallest absolute Gasteiger partial charge is 0.137 e. The van der Waals surface area contributed by atoms with Crippen LogP contribution in [0.1, 0.15) is 389 Å². The summed E-state index contributed by atoms with van der Waals surface area (Å²) in [5.41, 5.74) is 12.7. The largest absolute Gasteiger partial charge is 0.490 e. The molecule has 830 valence electrons. The molecule has 13 heterocycles. The molecule has 1 aromatic carbocycles. The van der Waals surface area contributed by atoms with E-state index in [4.69, 9.17) is 22.8 Å². The topological polar surface area (TPSA) is 157 Å². The monoisotopic (exact) mass is 2080 g/mol. The number of rotatable bonds is 1. The number of pyridine rings is 3. The molecular weight excluding hydrogens is 1870 g/mol. The van der Waals surface area contributed by atoms with Crippen molar-refractivity contribution >= 4 is 34.0 Å². The number of likely N-dealkylation sites (tertiary alicyclic amines) is 2. The van der Waals surface area contributed by atoms with Crippen molar-refractivity contribution in [2.24, 2.45) is 35.1 Å². The Kier molecular flexibility index (Phi) is 52.3. The first kappa shape index (κ1) is 133. The van der Waals surface area contributed by atoms with Gasteiger partial charge in [-0.25, -0.2) is 4.98 Å². The number of thioether (sulfide) groups is 1. The predicted molar refractivity (Wildman–Crippen MR) is 646 cm³/mol. The number of fused-ring (bicyclic) bond motifs is 3. The molecule has 17 rings (SSSR count). The van der Waals surface area contributed by atoms with Crippen LogP contribution in [0.15, 0.2) is 242 Å². The van der Waals surface area contributed by atoms with Crippen molar-refractivity contribution in [1.29, 1.82) is 0 Å². The Balaban J connectivity index is 0.000000335. The van der Waals surface area contributed by atoms with E-state index in [2.05, 4.69) is 467 Å². The minimum Gasteiger partial charge on any atom is -0.490 e. The number of morpholine rings is 1. The minimum atomic E-state index is -0.0476. The first-order chi connectivity index (χ1) is 68.4. The van der Waals surface area contributed by atoms with E-state index >= 15 is 0 Å². The number of aromatic nitrogens is 6. The molecule has 0 radical (unpaired) electrons. The van der Waals surface area contributed by atoms with E-state index in [1.165, 1.54) is 58.5 Å². The second-order valence-corrected chi connectivity index (χ2v) is 56.3. The van der Waals surface area contributed by atoms with Crippen molar-refractivity contribution in [3.63, 3.8) is 0 Å². The summed E-state index contributed by atoms with van der Waals surface area (Å²) in [6.07, 6.45) is 44.3. The van der Waals surface area contributed by atoms with Crippen LogP contribution in [0.2, 0.25) is 0 Å². The van der Waals surface area contributed by atoms with Crippen LogP contribution in [-0.2, 0) is 59.8 Å². The number of furan rings is 2. The van der Waals surface area contributed by atoms with Crippen LogP contribution >= 0.6 is 23.1 Å². The Bertz CT molecular complexity index is 5350. The summed E-state index contributed by atoms with van der Waals surface area (Å²) >= 11 is 3.85. The Morgan fingerprint density at radius 2 is 0.993 bits per heavy atom. The number of ether oxygens (including phenoxy) is 2. The summed E-state index contributed by atoms with van der Waals surface area (Å²) < 4.78 is 29.1. The normalized spacial score (nSPS) is 17.9. The number of hydrogen-bond donors (Lipinski definition) is 1. The van der Waals surface area contributed by atoms with Crippen molar-refractivity contribution in [1.82, 2.24) is 44.4 Å². The number of piperidine rings is 1. The lowest BCUT2D eigenvalue weighted by molar-refractivity contribution is -0.00389. The van der Waals surface area contributed by atoms with E-state index in [-0.39, 0.29) is 61.1 Å². The van der Waals surface area contributed by atoms with Crippen LogP contribution in [-0.4, -0.2) is 137 Å². The highest BCUT2D eigenvalue weighted by Crippen LogP contribution is 2.48. The summed E-state index contributed by atoms with van der Waals surface area (Å²) in [5, 5.41) is 17.2. The minimum absolute atomic E-state index is 0.0476. The molecule has 0 amide bonds. The summed E-state index contributed by atoms with van der Waals surface area (Å²) in [4.78, 5) is 27.6. The highest BCUT2D eigenvalue weighted by atomic mass is 32.2. The number of aryl methyl sites for hydroxylation is 6. The fourth-order valence-corrected chi connectivity index (χ4v) is 18.7. The number of benzene rings is 1.